The Bertz CT molecular complexity index is 1780. The van der Waals surface area contributed by atoms with E-state index in [0.29, 0.717) is 38.6 Å². The second-order valence-corrected chi connectivity index (χ2v) is 15.9. The van der Waals surface area contributed by atoms with Gasteiger partial charge in [0.05, 0.1) is 19.4 Å². The highest BCUT2D eigenvalue weighted by Crippen LogP contribution is 2.46. The van der Waals surface area contributed by atoms with E-state index in [0.717, 1.165) is 70.4 Å². The van der Waals surface area contributed by atoms with Gasteiger partial charge < -0.3 is 29.6 Å². The van der Waals surface area contributed by atoms with Crippen molar-refractivity contribution < 1.29 is 23.7 Å². The molecule has 0 spiro atoms. The number of fused-ring (bicyclic) bond motifs is 3. The Morgan fingerprint density at radius 2 is 1.47 bits per heavy atom. The van der Waals surface area contributed by atoms with E-state index in [1.54, 1.807) is 0 Å². The molecule has 0 amide bonds. The second-order valence-electron chi connectivity index (χ2n) is 15.9. The zero-order valence-electron chi connectivity index (χ0n) is 34.1. The smallest absolute Gasteiger partial charge is 0.338 e. The first-order chi connectivity index (χ1) is 28.6. The van der Waals surface area contributed by atoms with E-state index < -0.39 is 5.60 Å². The molecule has 4 aromatic rings. The number of carbonyl (C=O) groups is 1. The number of rotatable bonds is 23. The molecule has 3 aliphatic rings. The molecule has 10 heteroatoms. The van der Waals surface area contributed by atoms with E-state index in [1.807, 2.05) is 30.3 Å². The molecule has 4 aromatic carbocycles. The summed E-state index contributed by atoms with van der Waals surface area (Å²) in [5.41, 5.74) is 7.07. The summed E-state index contributed by atoms with van der Waals surface area (Å²) in [6.07, 6.45) is 6.25. The molecule has 1 aliphatic heterocycles. The van der Waals surface area contributed by atoms with Crippen LogP contribution in [0, 0.1) is 0 Å². The number of benzene rings is 4. The van der Waals surface area contributed by atoms with Gasteiger partial charge in [0.15, 0.2) is 5.60 Å². The van der Waals surface area contributed by atoms with E-state index in [2.05, 4.69) is 112 Å². The van der Waals surface area contributed by atoms with E-state index in [1.165, 1.54) is 27.8 Å². The van der Waals surface area contributed by atoms with Crippen LogP contribution in [-0.4, -0.2) is 88.8 Å². The highest BCUT2D eigenvalue weighted by Gasteiger charge is 2.53. The van der Waals surface area contributed by atoms with Gasteiger partial charge in [-0.25, -0.2) is 4.79 Å². The fourth-order valence-corrected chi connectivity index (χ4v) is 8.22. The van der Waals surface area contributed by atoms with Gasteiger partial charge >= 0.3 is 5.97 Å². The fourth-order valence-electron chi connectivity index (χ4n) is 8.22. The van der Waals surface area contributed by atoms with Gasteiger partial charge in [0.2, 0.25) is 0 Å². The lowest BCUT2D eigenvalue weighted by atomic mass is 9.92. The van der Waals surface area contributed by atoms with Crippen molar-refractivity contribution >= 4 is 5.97 Å². The number of hydrogen-bond acceptors (Lipinski definition) is 10. The van der Waals surface area contributed by atoms with Crippen LogP contribution in [0.3, 0.4) is 0 Å². The van der Waals surface area contributed by atoms with Gasteiger partial charge in [-0.1, -0.05) is 123 Å². The Morgan fingerprint density at radius 3 is 2.17 bits per heavy atom. The van der Waals surface area contributed by atoms with E-state index in [-0.39, 0.29) is 37.2 Å². The van der Waals surface area contributed by atoms with Crippen LogP contribution < -0.4 is 26.6 Å². The lowest BCUT2D eigenvalue weighted by molar-refractivity contribution is -0.162. The molecule has 7 rings (SSSR count). The summed E-state index contributed by atoms with van der Waals surface area (Å²) in [6.45, 7) is 7.99. The molecule has 0 unspecified atom stereocenters. The Labute approximate surface area is 345 Å². The minimum atomic E-state index is -0.798. The number of nitrogens with one attached hydrogen (secondary N) is 5. The van der Waals surface area contributed by atoms with E-state index in [9.17, 15) is 4.79 Å². The van der Waals surface area contributed by atoms with Crippen LogP contribution in [-0.2, 0) is 36.8 Å². The van der Waals surface area contributed by atoms with Crippen molar-refractivity contribution in [3.63, 3.8) is 0 Å². The van der Waals surface area contributed by atoms with Gasteiger partial charge in [0.25, 0.3) is 0 Å². The van der Waals surface area contributed by atoms with Gasteiger partial charge in [-0.15, -0.1) is 0 Å². The molecule has 0 aromatic heterocycles. The molecule has 1 saturated heterocycles. The number of hydrogen-bond donors (Lipinski definition) is 5. The second kappa shape index (κ2) is 21.9. The summed E-state index contributed by atoms with van der Waals surface area (Å²) < 4.78 is 24.5. The molecule has 1 heterocycles. The predicted octanol–water partition coefficient (Wildman–Crippen LogP) is 6.26. The van der Waals surface area contributed by atoms with Crippen molar-refractivity contribution in [3.05, 3.63) is 131 Å². The molecule has 0 bridgehead atoms. The summed E-state index contributed by atoms with van der Waals surface area (Å²) in [7, 11) is 0. The van der Waals surface area contributed by atoms with Gasteiger partial charge in [-0.05, 0) is 71.9 Å². The molecule has 5 N–H and O–H groups in total. The standard InChI is InChI=1S/C48H63N5O5/c1-2-13-39-34-55-45(23-22-44-42-20-11-9-18-40(42)41-19-10-12-21-43(41)44)53-32-46(58-39)52-29-28-51-38(30-36-14-5-3-6-15-36)31-49-26-27-50-35-57-48(24-25-48)47(54)56-33-37-16-7-4-8-17-37/h3-12,14-21,38-39,44-46,49-53H,2,13,22-35H2,1H3/t38-,39-,45-,46-/m0/s1. The van der Waals surface area contributed by atoms with Crippen molar-refractivity contribution in [2.45, 2.75) is 94.6 Å². The van der Waals surface area contributed by atoms with Crippen LogP contribution in [0.2, 0.25) is 0 Å². The van der Waals surface area contributed by atoms with Crippen molar-refractivity contribution in [2.24, 2.45) is 0 Å². The van der Waals surface area contributed by atoms with Crippen molar-refractivity contribution in [1.82, 2.24) is 26.6 Å². The van der Waals surface area contributed by atoms with Crippen LogP contribution in [0.15, 0.2) is 109 Å². The third kappa shape index (κ3) is 12.1. The van der Waals surface area contributed by atoms with Crippen LogP contribution in [0.1, 0.15) is 73.6 Å². The predicted molar refractivity (Wildman–Crippen MR) is 229 cm³/mol. The largest absolute Gasteiger partial charge is 0.459 e. The monoisotopic (exact) mass is 789 g/mol. The third-order valence-corrected chi connectivity index (χ3v) is 11.5. The van der Waals surface area contributed by atoms with Gasteiger partial charge in [0.1, 0.15) is 19.1 Å². The lowest BCUT2D eigenvalue weighted by Gasteiger charge is -2.33. The molecule has 4 atom stereocenters. The zero-order valence-corrected chi connectivity index (χ0v) is 34.1. The first-order valence-corrected chi connectivity index (χ1v) is 21.6. The first-order valence-electron chi connectivity index (χ1n) is 21.6. The summed E-state index contributed by atoms with van der Waals surface area (Å²) in [5.74, 6) is 0.113. The number of carbonyl (C=O) groups excluding carboxylic acids is 1. The highest BCUT2D eigenvalue weighted by atomic mass is 16.6. The molecular formula is C48H63N5O5. The Hall–Kier alpha value is -3.97. The minimum Gasteiger partial charge on any atom is -0.459 e. The lowest BCUT2D eigenvalue weighted by Crippen LogP contribution is -2.52. The maximum absolute atomic E-state index is 12.7. The van der Waals surface area contributed by atoms with E-state index >= 15 is 0 Å². The third-order valence-electron chi connectivity index (χ3n) is 11.5. The fraction of sp³-hybridized carbons (Fsp3) is 0.479. The maximum Gasteiger partial charge on any atom is 0.338 e. The molecule has 10 nitrogen and oxygen atoms in total. The van der Waals surface area contributed by atoms with E-state index in [4.69, 9.17) is 18.9 Å². The van der Waals surface area contributed by atoms with Gasteiger partial charge in [0, 0.05) is 51.2 Å². The van der Waals surface area contributed by atoms with Crippen molar-refractivity contribution in [1.29, 1.82) is 0 Å². The van der Waals surface area contributed by atoms with Crippen LogP contribution >= 0.6 is 0 Å². The normalized spacial score (nSPS) is 20.4. The Kier molecular flexibility index (Phi) is 15.9. The van der Waals surface area contributed by atoms with Crippen LogP contribution in [0.5, 0.6) is 0 Å². The molecule has 0 radical (unpaired) electrons. The molecule has 2 fully saturated rings. The Morgan fingerprint density at radius 1 is 0.793 bits per heavy atom. The Balaban J connectivity index is 0.826. The molecule has 2 aliphatic carbocycles. The summed E-state index contributed by atoms with van der Waals surface area (Å²) in [5, 5.41) is 18.1. The van der Waals surface area contributed by atoms with Crippen molar-refractivity contribution in [2.75, 3.05) is 52.6 Å². The first kappa shape index (κ1) is 42.2. The van der Waals surface area contributed by atoms with Crippen LogP contribution in [0.25, 0.3) is 11.1 Å². The highest BCUT2D eigenvalue weighted by molar-refractivity contribution is 5.83. The van der Waals surface area contributed by atoms with Gasteiger partial charge in [-0.2, -0.15) is 0 Å². The molecule has 58 heavy (non-hydrogen) atoms. The SMILES string of the molecule is CCC[C@H]1CO[C@@H](CCC2c3ccccc3-c3ccccc32)NC[C@@H](NCCN[C@H](CNCCNCOC2(C(=O)OCc3ccccc3)CC2)Cc2ccccc2)O1. The average molecular weight is 790 g/mol. The topological polar surface area (TPSA) is 114 Å². The maximum atomic E-state index is 12.7. The van der Waals surface area contributed by atoms with Gasteiger partial charge in [-0.3, -0.25) is 16.0 Å². The number of esters is 1. The summed E-state index contributed by atoms with van der Waals surface area (Å²) >= 11 is 0. The summed E-state index contributed by atoms with van der Waals surface area (Å²) in [6, 6.07) is 38.4. The average Bonchev–Trinajstić information content (AvgIpc) is 3.98. The van der Waals surface area contributed by atoms with Crippen LogP contribution in [0.4, 0.5) is 0 Å². The summed E-state index contributed by atoms with van der Waals surface area (Å²) in [4.78, 5) is 12.7. The molecule has 1 saturated carbocycles. The minimum absolute atomic E-state index is 0.0238. The molecule has 310 valence electrons. The number of ether oxygens (including phenoxy) is 4. The van der Waals surface area contributed by atoms with Crippen molar-refractivity contribution in [3.8, 4) is 11.1 Å². The molecular weight excluding hydrogens is 727 g/mol. The zero-order chi connectivity index (χ0) is 39.8. The quantitative estimate of drug-likeness (QED) is 0.0336.